The number of ether oxygens (including phenoxy) is 1. The average molecular weight is 251 g/mol. The number of nitrogens with zero attached hydrogens (tertiary/aromatic N) is 3. The van der Waals surface area contributed by atoms with Crippen LogP contribution in [0, 0.1) is 11.2 Å². The molecule has 0 radical (unpaired) electrons. The largest absolute Gasteiger partial charge is 0.463 e. The Bertz CT molecular complexity index is 442. The Morgan fingerprint density at radius 3 is 2.78 bits per heavy atom. The van der Waals surface area contributed by atoms with Crippen LogP contribution < -0.4 is 9.64 Å². The van der Waals surface area contributed by atoms with Gasteiger partial charge in [-0.25, -0.2) is 9.37 Å². The normalized spacial score (nSPS) is 21.1. The Balaban J connectivity index is 1.72. The quantitative estimate of drug-likeness (QED) is 0.823. The molecule has 1 saturated heterocycles. The zero-order chi connectivity index (χ0) is 12.6. The van der Waals surface area contributed by atoms with Gasteiger partial charge >= 0.3 is 6.01 Å². The van der Waals surface area contributed by atoms with Crippen molar-refractivity contribution in [3.05, 3.63) is 12.0 Å². The second-order valence-corrected chi connectivity index (χ2v) is 5.62. The third kappa shape index (κ3) is 2.40. The number of hydrogen-bond acceptors (Lipinski definition) is 4. The SMILES string of the molecule is CC1(COc2ncc(F)c(N3CCCC3)n2)CC1. The summed E-state index contributed by atoms with van der Waals surface area (Å²) in [6.45, 7) is 4.53. The standard InChI is InChI=1S/C13H18FN3O/c1-13(4-5-13)9-18-12-15-8-10(14)11(16-12)17-6-2-3-7-17/h8H,2-7,9H2,1H3. The molecule has 2 heterocycles. The molecule has 0 spiro atoms. The van der Waals surface area contributed by atoms with E-state index in [1.165, 1.54) is 19.0 Å². The molecule has 1 aliphatic carbocycles. The van der Waals surface area contributed by atoms with Gasteiger partial charge in [0.05, 0.1) is 12.8 Å². The Morgan fingerprint density at radius 1 is 1.39 bits per heavy atom. The van der Waals surface area contributed by atoms with E-state index in [4.69, 9.17) is 4.74 Å². The monoisotopic (exact) mass is 251 g/mol. The molecule has 0 aromatic carbocycles. The molecule has 0 unspecified atom stereocenters. The second kappa shape index (κ2) is 4.37. The van der Waals surface area contributed by atoms with Crippen LogP contribution in [0.2, 0.25) is 0 Å². The molecule has 1 saturated carbocycles. The fourth-order valence-corrected chi connectivity index (χ4v) is 2.16. The molecule has 0 amide bonds. The Kier molecular flexibility index (Phi) is 2.84. The van der Waals surface area contributed by atoms with E-state index in [-0.39, 0.29) is 11.2 Å². The van der Waals surface area contributed by atoms with Crippen LogP contribution in [0.1, 0.15) is 32.6 Å². The second-order valence-electron chi connectivity index (χ2n) is 5.62. The first-order chi connectivity index (χ1) is 8.66. The summed E-state index contributed by atoms with van der Waals surface area (Å²) in [4.78, 5) is 10.1. The maximum absolute atomic E-state index is 13.7. The third-order valence-electron chi connectivity index (χ3n) is 3.76. The number of halogens is 1. The number of aromatic nitrogens is 2. The van der Waals surface area contributed by atoms with Crippen LogP contribution in [0.25, 0.3) is 0 Å². The number of rotatable bonds is 4. The van der Waals surface area contributed by atoms with Gasteiger partial charge in [0.2, 0.25) is 0 Å². The molecule has 1 aromatic rings. The highest BCUT2D eigenvalue weighted by Crippen LogP contribution is 2.44. The molecule has 0 bridgehead atoms. The van der Waals surface area contributed by atoms with Crippen LogP contribution in [0.4, 0.5) is 10.2 Å². The molecular formula is C13H18FN3O. The highest BCUT2D eigenvalue weighted by Gasteiger charge is 2.38. The lowest BCUT2D eigenvalue weighted by atomic mass is 10.2. The smallest absolute Gasteiger partial charge is 0.318 e. The van der Waals surface area contributed by atoms with E-state index >= 15 is 0 Å². The molecule has 2 aliphatic rings. The van der Waals surface area contributed by atoms with Crippen molar-refractivity contribution in [3.8, 4) is 6.01 Å². The maximum atomic E-state index is 13.7. The zero-order valence-corrected chi connectivity index (χ0v) is 10.7. The van der Waals surface area contributed by atoms with Crippen molar-refractivity contribution in [2.45, 2.75) is 32.6 Å². The van der Waals surface area contributed by atoms with Gasteiger partial charge in [-0.1, -0.05) is 6.92 Å². The molecule has 5 heteroatoms. The highest BCUT2D eigenvalue weighted by molar-refractivity contribution is 5.40. The molecule has 1 aliphatic heterocycles. The van der Waals surface area contributed by atoms with Crippen molar-refractivity contribution < 1.29 is 9.13 Å². The lowest BCUT2D eigenvalue weighted by Crippen LogP contribution is -2.21. The van der Waals surface area contributed by atoms with Crippen LogP contribution in [-0.2, 0) is 0 Å². The Labute approximate surface area is 106 Å². The van der Waals surface area contributed by atoms with Gasteiger partial charge < -0.3 is 9.64 Å². The van der Waals surface area contributed by atoms with E-state index in [1.807, 2.05) is 4.90 Å². The molecule has 0 N–H and O–H groups in total. The topological polar surface area (TPSA) is 38.2 Å². The molecule has 4 nitrogen and oxygen atoms in total. The lowest BCUT2D eigenvalue weighted by Gasteiger charge is -2.17. The van der Waals surface area contributed by atoms with E-state index in [2.05, 4.69) is 16.9 Å². The van der Waals surface area contributed by atoms with Crippen LogP contribution in [0.3, 0.4) is 0 Å². The van der Waals surface area contributed by atoms with Gasteiger partial charge in [-0.15, -0.1) is 0 Å². The summed E-state index contributed by atoms with van der Waals surface area (Å²) in [6, 6.07) is 0.298. The van der Waals surface area contributed by atoms with Crippen LogP contribution >= 0.6 is 0 Å². The summed E-state index contributed by atoms with van der Waals surface area (Å²) in [5, 5.41) is 0. The van der Waals surface area contributed by atoms with Gasteiger partial charge in [-0.2, -0.15) is 4.98 Å². The predicted molar refractivity (Wildman–Crippen MR) is 66.3 cm³/mol. The summed E-state index contributed by atoms with van der Waals surface area (Å²) >= 11 is 0. The van der Waals surface area contributed by atoms with Crippen LogP contribution in [-0.4, -0.2) is 29.7 Å². The van der Waals surface area contributed by atoms with Crippen molar-refractivity contribution in [1.82, 2.24) is 9.97 Å². The van der Waals surface area contributed by atoms with Gasteiger partial charge in [0.1, 0.15) is 0 Å². The number of anilines is 1. The molecule has 2 fully saturated rings. The Hall–Kier alpha value is -1.39. The first kappa shape index (κ1) is 11.7. The summed E-state index contributed by atoms with van der Waals surface area (Å²) in [7, 11) is 0. The van der Waals surface area contributed by atoms with Crippen LogP contribution in [0.5, 0.6) is 6.01 Å². The predicted octanol–water partition coefficient (Wildman–Crippen LogP) is 2.39. The van der Waals surface area contributed by atoms with E-state index in [0.29, 0.717) is 18.4 Å². The summed E-state index contributed by atoms with van der Waals surface area (Å²) in [6.07, 6.45) is 5.78. The summed E-state index contributed by atoms with van der Waals surface area (Å²) in [5.41, 5.74) is 0.283. The van der Waals surface area contributed by atoms with Crippen molar-refractivity contribution in [2.75, 3.05) is 24.6 Å². The third-order valence-corrected chi connectivity index (χ3v) is 3.76. The van der Waals surface area contributed by atoms with Crippen molar-refractivity contribution >= 4 is 5.82 Å². The van der Waals surface area contributed by atoms with Crippen molar-refractivity contribution in [3.63, 3.8) is 0 Å². The van der Waals surface area contributed by atoms with Gasteiger partial charge in [-0.3, -0.25) is 0 Å². The molecular weight excluding hydrogens is 233 g/mol. The average Bonchev–Trinajstić information content (AvgIpc) is 2.90. The van der Waals surface area contributed by atoms with E-state index in [1.54, 1.807) is 0 Å². The van der Waals surface area contributed by atoms with Crippen LogP contribution in [0.15, 0.2) is 6.20 Å². The molecule has 0 atom stereocenters. The summed E-state index contributed by atoms with van der Waals surface area (Å²) < 4.78 is 19.3. The van der Waals surface area contributed by atoms with E-state index < -0.39 is 0 Å². The van der Waals surface area contributed by atoms with Gasteiger partial charge in [0.25, 0.3) is 0 Å². The van der Waals surface area contributed by atoms with Gasteiger partial charge in [0, 0.05) is 18.5 Å². The molecule has 18 heavy (non-hydrogen) atoms. The van der Waals surface area contributed by atoms with E-state index in [0.717, 1.165) is 25.9 Å². The fraction of sp³-hybridized carbons (Fsp3) is 0.692. The molecule has 3 rings (SSSR count). The number of hydrogen-bond donors (Lipinski definition) is 0. The van der Waals surface area contributed by atoms with Crippen molar-refractivity contribution in [1.29, 1.82) is 0 Å². The highest BCUT2D eigenvalue weighted by atomic mass is 19.1. The first-order valence-corrected chi connectivity index (χ1v) is 6.57. The minimum Gasteiger partial charge on any atom is -0.463 e. The summed E-state index contributed by atoms with van der Waals surface area (Å²) in [5.74, 6) is 0.0281. The first-order valence-electron chi connectivity index (χ1n) is 6.57. The fourth-order valence-electron chi connectivity index (χ4n) is 2.16. The Morgan fingerprint density at radius 2 is 2.11 bits per heavy atom. The molecule has 1 aromatic heterocycles. The zero-order valence-electron chi connectivity index (χ0n) is 10.7. The van der Waals surface area contributed by atoms with Gasteiger partial charge in [0.15, 0.2) is 11.6 Å². The lowest BCUT2D eigenvalue weighted by molar-refractivity contribution is 0.229. The van der Waals surface area contributed by atoms with Gasteiger partial charge in [-0.05, 0) is 25.7 Å². The van der Waals surface area contributed by atoms with Crippen molar-refractivity contribution in [2.24, 2.45) is 5.41 Å². The minimum atomic E-state index is -0.359. The maximum Gasteiger partial charge on any atom is 0.318 e. The molecule has 98 valence electrons. The van der Waals surface area contributed by atoms with E-state index in [9.17, 15) is 4.39 Å². The minimum absolute atomic E-state index is 0.283.